The average molecular weight is 428 g/mol. The maximum Gasteiger partial charge on any atom is 0.259 e. The molecule has 31 heavy (non-hydrogen) atoms. The standard InChI is InChI=1S/C23H29N3O5/c1-25(2)22(28)15-31-19-9-8-16(18-6-5-7-20(29-3)23(18)30-4)12-17(19)13-26-11-10-24-21(27)14-26/h5-9,12H,10-11,13-15H2,1-4H3,(H,24,27). The van der Waals surface area contributed by atoms with Crippen LogP contribution in [-0.4, -0.2) is 76.2 Å². The zero-order valence-electron chi connectivity index (χ0n) is 18.4. The SMILES string of the molecule is COc1cccc(-c2ccc(OCC(=O)N(C)C)c(CN3CCNC(=O)C3)c2)c1OC. The van der Waals surface area contributed by atoms with Crippen LogP contribution in [0.4, 0.5) is 0 Å². The number of hydrogen-bond donors (Lipinski definition) is 1. The van der Waals surface area contributed by atoms with Crippen molar-refractivity contribution in [2.24, 2.45) is 0 Å². The zero-order valence-corrected chi connectivity index (χ0v) is 18.4. The predicted octanol–water partition coefficient (Wildman–Crippen LogP) is 1.77. The van der Waals surface area contributed by atoms with E-state index in [2.05, 4.69) is 10.2 Å². The Kier molecular flexibility index (Phi) is 7.36. The van der Waals surface area contributed by atoms with Crippen LogP contribution in [0.15, 0.2) is 36.4 Å². The number of piperazine rings is 1. The third-order valence-electron chi connectivity index (χ3n) is 5.14. The van der Waals surface area contributed by atoms with Gasteiger partial charge in [0, 0.05) is 44.9 Å². The second kappa shape index (κ2) is 10.2. The van der Waals surface area contributed by atoms with Crippen LogP contribution in [0.2, 0.25) is 0 Å². The molecule has 0 atom stereocenters. The Morgan fingerprint density at radius 2 is 1.94 bits per heavy atom. The summed E-state index contributed by atoms with van der Waals surface area (Å²) in [5, 5.41) is 2.84. The van der Waals surface area contributed by atoms with E-state index in [4.69, 9.17) is 14.2 Å². The highest BCUT2D eigenvalue weighted by molar-refractivity contribution is 5.79. The summed E-state index contributed by atoms with van der Waals surface area (Å²) in [6.07, 6.45) is 0. The quantitative estimate of drug-likeness (QED) is 0.692. The molecule has 8 heteroatoms. The van der Waals surface area contributed by atoms with E-state index in [9.17, 15) is 9.59 Å². The largest absolute Gasteiger partial charge is 0.493 e. The number of carbonyl (C=O) groups excluding carboxylic acids is 2. The lowest BCUT2D eigenvalue weighted by atomic mass is 10.0. The van der Waals surface area contributed by atoms with Gasteiger partial charge in [-0.3, -0.25) is 14.5 Å². The molecule has 0 aromatic heterocycles. The summed E-state index contributed by atoms with van der Waals surface area (Å²) >= 11 is 0. The highest BCUT2D eigenvalue weighted by Crippen LogP contribution is 2.39. The number of rotatable bonds is 8. The molecule has 1 fully saturated rings. The van der Waals surface area contributed by atoms with Crippen LogP contribution in [-0.2, 0) is 16.1 Å². The molecular formula is C23H29N3O5. The normalized spacial score (nSPS) is 14.0. The summed E-state index contributed by atoms with van der Waals surface area (Å²) in [5.41, 5.74) is 2.71. The number of ether oxygens (including phenoxy) is 3. The van der Waals surface area contributed by atoms with Gasteiger partial charge in [-0.15, -0.1) is 0 Å². The van der Waals surface area contributed by atoms with Crippen molar-refractivity contribution in [3.8, 4) is 28.4 Å². The third-order valence-corrected chi connectivity index (χ3v) is 5.14. The van der Waals surface area contributed by atoms with Crippen LogP contribution in [0.5, 0.6) is 17.2 Å². The Hall–Kier alpha value is -3.26. The molecule has 1 N–H and O–H groups in total. The van der Waals surface area contributed by atoms with Crippen molar-refractivity contribution in [2.45, 2.75) is 6.54 Å². The number of amides is 2. The molecule has 2 aromatic rings. The minimum absolute atomic E-state index is 0.00197. The van der Waals surface area contributed by atoms with Gasteiger partial charge in [-0.2, -0.15) is 0 Å². The number of para-hydroxylation sites is 1. The lowest BCUT2D eigenvalue weighted by Gasteiger charge is -2.27. The van der Waals surface area contributed by atoms with Gasteiger partial charge in [0.05, 0.1) is 20.8 Å². The molecule has 0 saturated carbocycles. The maximum atomic E-state index is 12.0. The summed E-state index contributed by atoms with van der Waals surface area (Å²) < 4.78 is 16.9. The lowest BCUT2D eigenvalue weighted by molar-refractivity contribution is -0.130. The third kappa shape index (κ3) is 5.46. The molecule has 1 aliphatic heterocycles. The fraction of sp³-hybridized carbons (Fsp3) is 0.391. The average Bonchev–Trinajstić information content (AvgIpc) is 2.77. The van der Waals surface area contributed by atoms with Gasteiger partial charge < -0.3 is 24.4 Å². The summed E-state index contributed by atoms with van der Waals surface area (Å²) in [6, 6.07) is 11.5. The van der Waals surface area contributed by atoms with E-state index in [0.29, 0.717) is 36.9 Å². The number of nitrogens with zero attached hydrogens (tertiary/aromatic N) is 2. The second-order valence-corrected chi connectivity index (χ2v) is 7.50. The Bertz CT molecular complexity index is 945. The van der Waals surface area contributed by atoms with Crippen molar-refractivity contribution in [1.29, 1.82) is 0 Å². The van der Waals surface area contributed by atoms with Crippen molar-refractivity contribution in [1.82, 2.24) is 15.1 Å². The topological polar surface area (TPSA) is 80.3 Å². The molecule has 1 aliphatic rings. The van der Waals surface area contributed by atoms with Crippen molar-refractivity contribution in [2.75, 3.05) is 54.6 Å². The first kappa shape index (κ1) is 22.4. The van der Waals surface area contributed by atoms with E-state index >= 15 is 0 Å². The Balaban J connectivity index is 1.95. The molecule has 2 aromatic carbocycles. The fourth-order valence-electron chi connectivity index (χ4n) is 3.46. The van der Waals surface area contributed by atoms with E-state index in [1.165, 1.54) is 4.90 Å². The number of benzene rings is 2. The monoisotopic (exact) mass is 427 g/mol. The number of likely N-dealkylation sites (N-methyl/N-ethyl adjacent to an activating group) is 1. The molecule has 0 aliphatic carbocycles. The van der Waals surface area contributed by atoms with E-state index in [1.54, 1.807) is 28.3 Å². The molecule has 1 saturated heterocycles. The van der Waals surface area contributed by atoms with Crippen LogP contribution in [0.1, 0.15) is 5.56 Å². The first-order valence-corrected chi connectivity index (χ1v) is 10.1. The Morgan fingerprint density at radius 1 is 1.13 bits per heavy atom. The summed E-state index contributed by atoms with van der Waals surface area (Å²) in [6.45, 7) is 2.15. The van der Waals surface area contributed by atoms with Crippen LogP contribution in [0.3, 0.4) is 0 Å². The minimum atomic E-state index is -0.123. The first-order chi connectivity index (χ1) is 14.9. The fourth-order valence-corrected chi connectivity index (χ4v) is 3.46. The number of hydrogen-bond acceptors (Lipinski definition) is 6. The molecule has 1 heterocycles. The summed E-state index contributed by atoms with van der Waals surface area (Å²) in [7, 11) is 6.60. The molecule has 0 spiro atoms. The maximum absolute atomic E-state index is 12.0. The van der Waals surface area contributed by atoms with Crippen LogP contribution in [0.25, 0.3) is 11.1 Å². The molecule has 0 radical (unpaired) electrons. The summed E-state index contributed by atoms with van der Waals surface area (Å²) in [5.74, 6) is 1.78. The highest BCUT2D eigenvalue weighted by atomic mass is 16.5. The Labute approximate surface area is 182 Å². The second-order valence-electron chi connectivity index (χ2n) is 7.50. The molecule has 166 valence electrons. The highest BCUT2D eigenvalue weighted by Gasteiger charge is 2.20. The van der Waals surface area contributed by atoms with Gasteiger partial charge in [-0.1, -0.05) is 18.2 Å². The van der Waals surface area contributed by atoms with Gasteiger partial charge in [-0.25, -0.2) is 0 Å². The molecule has 0 bridgehead atoms. The van der Waals surface area contributed by atoms with Crippen LogP contribution >= 0.6 is 0 Å². The van der Waals surface area contributed by atoms with Gasteiger partial charge in [0.15, 0.2) is 18.1 Å². The van der Waals surface area contributed by atoms with Gasteiger partial charge in [0.2, 0.25) is 5.91 Å². The smallest absolute Gasteiger partial charge is 0.259 e. The van der Waals surface area contributed by atoms with Crippen molar-refractivity contribution < 1.29 is 23.8 Å². The van der Waals surface area contributed by atoms with Crippen LogP contribution < -0.4 is 19.5 Å². The molecular weight excluding hydrogens is 398 g/mol. The Morgan fingerprint density at radius 3 is 2.61 bits per heavy atom. The van der Waals surface area contributed by atoms with Crippen molar-refractivity contribution >= 4 is 11.8 Å². The molecule has 8 nitrogen and oxygen atoms in total. The number of nitrogens with one attached hydrogen (secondary N) is 1. The first-order valence-electron chi connectivity index (χ1n) is 10.1. The van der Waals surface area contributed by atoms with E-state index in [1.807, 2.05) is 36.4 Å². The van der Waals surface area contributed by atoms with Gasteiger partial charge >= 0.3 is 0 Å². The van der Waals surface area contributed by atoms with E-state index < -0.39 is 0 Å². The van der Waals surface area contributed by atoms with Gasteiger partial charge in [-0.05, 0) is 23.8 Å². The zero-order chi connectivity index (χ0) is 22.4. The van der Waals surface area contributed by atoms with Gasteiger partial charge in [0.1, 0.15) is 5.75 Å². The lowest BCUT2D eigenvalue weighted by Crippen LogP contribution is -2.47. The van der Waals surface area contributed by atoms with E-state index in [0.717, 1.165) is 23.2 Å². The molecule has 0 unspecified atom stereocenters. The molecule has 3 rings (SSSR count). The summed E-state index contributed by atoms with van der Waals surface area (Å²) in [4.78, 5) is 27.4. The predicted molar refractivity (Wildman–Crippen MR) is 117 cm³/mol. The van der Waals surface area contributed by atoms with Crippen molar-refractivity contribution in [3.05, 3.63) is 42.0 Å². The number of carbonyl (C=O) groups is 2. The minimum Gasteiger partial charge on any atom is -0.493 e. The van der Waals surface area contributed by atoms with E-state index in [-0.39, 0.29) is 18.4 Å². The van der Waals surface area contributed by atoms with Crippen molar-refractivity contribution in [3.63, 3.8) is 0 Å². The van der Waals surface area contributed by atoms with Gasteiger partial charge in [0.25, 0.3) is 5.91 Å². The number of methoxy groups -OCH3 is 2. The van der Waals surface area contributed by atoms with Crippen LogP contribution in [0, 0.1) is 0 Å². The molecule has 2 amide bonds.